The van der Waals surface area contributed by atoms with Crippen LogP contribution >= 0.6 is 0 Å². The minimum atomic E-state index is -0.949. The highest BCUT2D eigenvalue weighted by molar-refractivity contribution is 5.88. The number of benzene rings is 1. The molecule has 1 aliphatic carbocycles. The maximum absolute atomic E-state index is 11.0. The molecular formula is C14H17NO4. The Hall–Kier alpha value is -2.04. The van der Waals surface area contributed by atoms with Gasteiger partial charge in [-0.1, -0.05) is 6.42 Å². The first-order valence-electron chi connectivity index (χ1n) is 6.39. The lowest BCUT2D eigenvalue weighted by molar-refractivity contribution is -0.142. The fraction of sp³-hybridized carbons (Fsp3) is 0.429. The molecule has 0 amide bonds. The summed E-state index contributed by atoms with van der Waals surface area (Å²) < 4.78 is 0. The molecule has 0 spiro atoms. The standard InChI is InChI=1S/C14H17NO4/c16-13(17)9-4-6-11(7-5-9)15-12-3-1-2-10(8-12)14(18)19/h4-7,10,12,15H,1-3,8H2,(H,16,17)(H,18,19). The number of rotatable bonds is 4. The maximum atomic E-state index is 11.0. The first kappa shape index (κ1) is 13.4. The molecule has 1 aromatic carbocycles. The van der Waals surface area contributed by atoms with E-state index < -0.39 is 11.9 Å². The number of carboxylic acids is 2. The maximum Gasteiger partial charge on any atom is 0.335 e. The Morgan fingerprint density at radius 2 is 1.79 bits per heavy atom. The summed E-state index contributed by atoms with van der Waals surface area (Å²) >= 11 is 0. The fourth-order valence-electron chi connectivity index (χ4n) is 2.49. The molecule has 5 heteroatoms. The van der Waals surface area contributed by atoms with Gasteiger partial charge in [-0.3, -0.25) is 4.79 Å². The molecule has 2 atom stereocenters. The molecule has 1 fully saturated rings. The van der Waals surface area contributed by atoms with Crippen molar-refractivity contribution in [3.8, 4) is 0 Å². The van der Waals surface area contributed by atoms with Crippen molar-refractivity contribution in [3.63, 3.8) is 0 Å². The van der Waals surface area contributed by atoms with Gasteiger partial charge in [0.05, 0.1) is 11.5 Å². The van der Waals surface area contributed by atoms with Crippen LogP contribution in [0, 0.1) is 5.92 Å². The van der Waals surface area contributed by atoms with Crippen LogP contribution in [0.15, 0.2) is 24.3 Å². The Morgan fingerprint density at radius 1 is 1.11 bits per heavy atom. The number of hydrogen-bond acceptors (Lipinski definition) is 3. The zero-order valence-corrected chi connectivity index (χ0v) is 10.5. The first-order chi connectivity index (χ1) is 9.06. The Balaban J connectivity index is 1.96. The summed E-state index contributed by atoms with van der Waals surface area (Å²) in [5, 5.41) is 21.1. The number of anilines is 1. The average molecular weight is 263 g/mol. The second-order valence-corrected chi connectivity index (χ2v) is 4.93. The van der Waals surface area contributed by atoms with E-state index in [1.807, 2.05) is 0 Å². The molecule has 1 aliphatic rings. The number of hydrogen-bond donors (Lipinski definition) is 3. The lowest BCUT2D eigenvalue weighted by atomic mass is 9.85. The van der Waals surface area contributed by atoms with Gasteiger partial charge < -0.3 is 15.5 Å². The average Bonchev–Trinajstić information content (AvgIpc) is 2.39. The van der Waals surface area contributed by atoms with Crippen LogP contribution < -0.4 is 5.32 Å². The van der Waals surface area contributed by atoms with Gasteiger partial charge in [0.25, 0.3) is 0 Å². The molecule has 0 aliphatic heterocycles. The Kier molecular flexibility index (Phi) is 4.04. The normalized spacial score (nSPS) is 22.7. The number of nitrogens with one attached hydrogen (secondary N) is 1. The molecular weight excluding hydrogens is 246 g/mol. The molecule has 0 radical (unpaired) electrons. The van der Waals surface area contributed by atoms with E-state index in [1.165, 1.54) is 0 Å². The van der Waals surface area contributed by atoms with E-state index in [0.29, 0.717) is 6.42 Å². The van der Waals surface area contributed by atoms with Crippen LogP contribution in [-0.2, 0) is 4.79 Å². The summed E-state index contributed by atoms with van der Waals surface area (Å²) in [6, 6.07) is 6.66. The third-order valence-corrected chi connectivity index (χ3v) is 3.53. The van der Waals surface area contributed by atoms with Crippen molar-refractivity contribution in [1.82, 2.24) is 0 Å². The number of carbonyl (C=O) groups is 2. The zero-order chi connectivity index (χ0) is 13.8. The van der Waals surface area contributed by atoms with Crippen LogP contribution in [-0.4, -0.2) is 28.2 Å². The highest BCUT2D eigenvalue weighted by atomic mass is 16.4. The van der Waals surface area contributed by atoms with Crippen LogP contribution in [0.3, 0.4) is 0 Å². The Morgan fingerprint density at radius 3 is 2.37 bits per heavy atom. The van der Waals surface area contributed by atoms with E-state index in [9.17, 15) is 9.59 Å². The largest absolute Gasteiger partial charge is 0.481 e. The van der Waals surface area contributed by atoms with Gasteiger partial charge in [0.2, 0.25) is 0 Å². The highest BCUT2D eigenvalue weighted by Crippen LogP contribution is 2.27. The highest BCUT2D eigenvalue weighted by Gasteiger charge is 2.26. The summed E-state index contributed by atoms with van der Waals surface area (Å²) in [5.74, 6) is -1.95. The van der Waals surface area contributed by atoms with Crippen molar-refractivity contribution >= 4 is 17.6 Å². The fourth-order valence-corrected chi connectivity index (χ4v) is 2.49. The smallest absolute Gasteiger partial charge is 0.335 e. The van der Waals surface area contributed by atoms with Gasteiger partial charge in [-0.05, 0) is 43.5 Å². The third kappa shape index (κ3) is 3.47. The van der Waals surface area contributed by atoms with E-state index in [0.717, 1.165) is 24.9 Å². The summed E-state index contributed by atoms with van der Waals surface area (Å²) in [6.07, 6.45) is 3.22. The molecule has 2 rings (SSSR count). The molecule has 102 valence electrons. The number of aromatic carboxylic acids is 1. The van der Waals surface area contributed by atoms with Gasteiger partial charge in [-0.2, -0.15) is 0 Å². The van der Waals surface area contributed by atoms with Gasteiger partial charge in [-0.25, -0.2) is 4.79 Å². The predicted octanol–water partition coefficient (Wildman–Crippen LogP) is 2.44. The lowest BCUT2D eigenvalue weighted by Crippen LogP contribution is -2.30. The lowest BCUT2D eigenvalue weighted by Gasteiger charge is -2.28. The quantitative estimate of drug-likeness (QED) is 0.776. The van der Waals surface area contributed by atoms with E-state index in [2.05, 4.69) is 5.32 Å². The van der Waals surface area contributed by atoms with Gasteiger partial charge in [0.15, 0.2) is 0 Å². The van der Waals surface area contributed by atoms with Crippen molar-refractivity contribution in [2.75, 3.05) is 5.32 Å². The van der Waals surface area contributed by atoms with Gasteiger partial charge in [-0.15, -0.1) is 0 Å². The van der Waals surface area contributed by atoms with Crippen molar-refractivity contribution in [3.05, 3.63) is 29.8 Å². The van der Waals surface area contributed by atoms with Crippen LogP contribution in [0.25, 0.3) is 0 Å². The molecule has 3 N–H and O–H groups in total. The van der Waals surface area contributed by atoms with E-state index in [4.69, 9.17) is 10.2 Å². The van der Waals surface area contributed by atoms with Crippen LogP contribution in [0.1, 0.15) is 36.0 Å². The van der Waals surface area contributed by atoms with Crippen molar-refractivity contribution in [1.29, 1.82) is 0 Å². The minimum absolute atomic E-state index is 0.144. The summed E-state index contributed by atoms with van der Waals surface area (Å²) in [6.45, 7) is 0. The van der Waals surface area contributed by atoms with Gasteiger partial charge in [0.1, 0.15) is 0 Å². The number of carboxylic acid groups (broad SMARTS) is 2. The molecule has 1 saturated carbocycles. The minimum Gasteiger partial charge on any atom is -0.481 e. The summed E-state index contributed by atoms with van der Waals surface area (Å²) in [7, 11) is 0. The third-order valence-electron chi connectivity index (χ3n) is 3.53. The van der Waals surface area contributed by atoms with Crippen molar-refractivity contribution < 1.29 is 19.8 Å². The van der Waals surface area contributed by atoms with Crippen LogP contribution in [0.5, 0.6) is 0 Å². The molecule has 0 saturated heterocycles. The Bertz CT molecular complexity index is 469. The topological polar surface area (TPSA) is 86.6 Å². The predicted molar refractivity (Wildman–Crippen MR) is 70.4 cm³/mol. The van der Waals surface area contributed by atoms with Crippen LogP contribution in [0.4, 0.5) is 5.69 Å². The zero-order valence-electron chi connectivity index (χ0n) is 10.5. The SMILES string of the molecule is O=C(O)c1ccc(NC2CCCC(C(=O)O)C2)cc1. The van der Waals surface area contributed by atoms with Crippen molar-refractivity contribution in [2.45, 2.75) is 31.7 Å². The molecule has 2 unspecified atom stereocenters. The second kappa shape index (κ2) is 5.73. The summed E-state index contributed by atoms with van der Waals surface area (Å²) in [4.78, 5) is 21.7. The van der Waals surface area contributed by atoms with E-state index >= 15 is 0 Å². The van der Waals surface area contributed by atoms with Crippen LogP contribution in [0.2, 0.25) is 0 Å². The molecule has 0 heterocycles. The van der Waals surface area contributed by atoms with Gasteiger partial charge >= 0.3 is 11.9 Å². The molecule has 0 bridgehead atoms. The van der Waals surface area contributed by atoms with Crippen molar-refractivity contribution in [2.24, 2.45) is 5.92 Å². The number of aliphatic carboxylic acids is 1. The molecule has 0 aromatic heterocycles. The summed E-state index contributed by atoms with van der Waals surface area (Å²) in [5.41, 5.74) is 1.08. The van der Waals surface area contributed by atoms with E-state index in [-0.39, 0.29) is 17.5 Å². The Labute approximate surface area is 111 Å². The van der Waals surface area contributed by atoms with E-state index in [1.54, 1.807) is 24.3 Å². The molecule has 19 heavy (non-hydrogen) atoms. The van der Waals surface area contributed by atoms with Gasteiger partial charge in [0, 0.05) is 11.7 Å². The molecule has 5 nitrogen and oxygen atoms in total. The first-order valence-corrected chi connectivity index (χ1v) is 6.39. The molecule has 1 aromatic rings. The monoisotopic (exact) mass is 263 g/mol. The second-order valence-electron chi connectivity index (χ2n) is 4.93.